The van der Waals surface area contributed by atoms with Gasteiger partial charge in [0.15, 0.2) is 9.84 Å². The molecule has 1 aliphatic rings. The number of anilines is 3. The summed E-state index contributed by atoms with van der Waals surface area (Å²) in [5, 5.41) is 5.59. The molecule has 27 heavy (non-hydrogen) atoms. The van der Waals surface area contributed by atoms with Crippen molar-refractivity contribution in [1.29, 1.82) is 0 Å². The van der Waals surface area contributed by atoms with Gasteiger partial charge in [-0.2, -0.15) is 0 Å². The maximum absolute atomic E-state index is 12.6. The zero-order valence-corrected chi connectivity index (χ0v) is 15.9. The van der Waals surface area contributed by atoms with Crippen molar-refractivity contribution in [3.05, 3.63) is 48.5 Å². The molecule has 0 saturated heterocycles. The van der Waals surface area contributed by atoms with Crippen LogP contribution in [0.5, 0.6) is 0 Å². The second-order valence-electron chi connectivity index (χ2n) is 6.59. The Balaban J connectivity index is 1.80. The molecule has 0 unspecified atom stereocenters. The predicted molar refractivity (Wildman–Crippen MR) is 105 cm³/mol. The Morgan fingerprint density at radius 2 is 1.96 bits per heavy atom. The lowest BCUT2D eigenvalue weighted by molar-refractivity contribution is -0.117. The highest BCUT2D eigenvalue weighted by Gasteiger charge is 2.26. The van der Waals surface area contributed by atoms with Crippen LogP contribution in [-0.2, 0) is 19.4 Å². The fourth-order valence-electron chi connectivity index (χ4n) is 3.05. The van der Waals surface area contributed by atoms with Gasteiger partial charge in [0.25, 0.3) is 0 Å². The van der Waals surface area contributed by atoms with Crippen LogP contribution < -0.4 is 15.5 Å². The number of amides is 2. The first kappa shape index (κ1) is 18.9. The molecule has 8 heteroatoms. The summed E-state index contributed by atoms with van der Waals surface area (Å²) in [7, 11) is -3.36. The summed E-state index contributed by atoms with van der Waals surface area (Å²) in [4.78, 5) is 26.6. The van der Waals surface area contributed by atoms with Crippen molar-refractivity contribution < 1.29 is 18.0 Å². The molecule has 0 bridgehead atoms. The van der Waals surface area contributed by atoms with E-state index in [2.05, 4.69) is 10.6 Å². The van der Waals surface area contributed by atoms with Crippen LogP contribution >= 0.6 is 0 Å². The highest BCUT2D eigenvalue weighted by atomic mass is 32.2. The second-order valence-corrected chi connectivity index (χ2v) is 8.61. The van der Waals surface area contributed by atoms with E-state index >= 15 is 0 Å². The van der Waals surface area contributed by atoms with Crippen molar-refractivity contribution in [2.24, 2.45) is 0 Å². The van der Waals surface area contributed by atoms with Crippen LogP contribution in [0.25, 0.3) is 0 Å². The zero-order valence-electron chi connectivity index (χ0n) is 15.1. The third-order valence-corrected chi connectivity index (χ3v) is 5.47. The van der Waals surface area contributed by atoms with Crippen LogP contribution in [0.3, 0.4) is 0 Å². The molecule has 142 valence electrons. The molecule has 2 aromatic rings. The van der Waals surface area contributed by atoms with Crippen molar-refractivity contribution in [2.75, 3.05) is 28.3 Å². The number of sulfone groups is 1. The Labute approximate surface area is 158 Å². The van der Waals surface area contributed by atoms with Crippen LogP contribution in [0.15, 0.2) is 53.4 Å². The molecule has 0 saturated carbocycles. The molecular formula is C19H21N3O4S. The summed E-state index contributed by atoms with van der Waals surface area (Å²) < 4.78 is 23.4. The number of carbonyl (C=O) groups is 2. The van der Waals surface area contributed by atoms with Crippen LogP contribution in [0, 0.1) is 0 Å². The smallest absolute Gasteiger partial charge is 0.243 e. The lowest BCUT2D eigenvalue weighted by atomic mass is 10.1. The van der Waals surface area contributed by atoms with Crippen LogP contribution in [0.2, 0.25) is 0 Å². The molecular weight excluding hydrogens is 366 g/mol. The van der Waals surface area contributed by atoms with Crippen molar-refractivity contribution in [1.82, 2.24) is 0 Å². The van der Waals surface area contributed by atoms with Gasteiger partial charge in [0.2, 0.25) is 11.8 Å². The number of para-hydroxylation sites is 2. The first-order chi connectivity index (χ1) is 12.7. The number of benzene rings is 2. The minimum atomic E-state index is -3.36. The number of nitrogens with zero attached hydrogens (tertiary/aromatic N) is 1. The van der Waals surface area contributed by atoms with E-state index < -0.39 is 9.84 Å². The van der Waals surface area contributed by atoms with E-state index in [1.165, 1.54) is 12.1 Å². The molecule has 2 aromatic carbocycles. The third-order valence-electron chi connectivity index (χ3n) is 4.36. The Morgan fingerprint density at radius 3 is 2.70 bits per heavy atom. The van der Waals surface area contributed by atoms with E-state index in [0.717, 1.165) is 11.9 Å². The molecule has 0 radical (unpaired) electrons. The van der Waals surface area contributed by atoms with E-state index in [1.54, 1.807) is 18.2 Å². The molecule has 2 N–H and O–H groups in total. The van der Waals surface area contributed by atoms with E-state index in [9.17, 15) is 18.0 Å². The summed E-state index contributed by atoms with van der Waals surface area (Å²) in [6.07, 6.45) is 1.39. The number of hydrogen-bond donors (Lipinski definition) is 2. The molecule has 0 aromatic heterocycles. The van der Waals surface area contributed by atoms with Gasteiger partial charge in [-0.1, -0.05) is 18.2 Å². The highest BCUT2D eigenvalue weighted by Crippen LogP contribution is 2.31. The average Bonchev–Trinajstić information content (AvgIpc) is 2.70. The molecule has 1 heterocycles. The van der Waals surface area contributed by atoms with Gasteiger partial charge in [-0.25, -0.2) is 8.42 Å². The van der Waals surface area contributed by atoms with Gasteiger partial charge in [-0.3, -0.25) is 9.59 Å². The number of hydrogen-bond acceptors (Lipinski definition) is 5. The number of carbonyl (C=O) groups excluding carboxylic acids is 2. The predicted octanol–water partition coefficient (Wildman–Crippen LogP) is 2.27. The van der Waals surface area contributed by atoms with Gasteiger partial charge in [-0.15, -0.1) is 0 Å². The van der Waals surface area contributed by atoms with Crippen LogP contribution in [-0.4, -0.2) is 39.1 Å². The fourth-order valence-corrected chi connectivity index (χ4v) is 3.71. The van der Waals surface area contributed by atoms with Gasteiger partial charge in [-0.05, 0) is 37.3 Å². The van der Waals surface area contributed by atoms with Gasteiger partial charge < -0.3 is 15.5 Å². The van der Waals surface area contributed by atoms with Gasteiger partial charge >= 0.3 is 0 Å². The maximum atomic E-state index is 12.6. The first-order valence-electron chi connectivity index (χ1n) is 8.49. The molecule has 3 rings (SSSR count). The number of nitrogens with one attached hydrogen (secondary N) is 2. The summed E-state index contributed by atoms with van der Waals surface area (Å²) in [6.45, 7) is 1.93. The Bertz CT molecular complexity index is 988. The summed E-state index contributed by atoms with van der Waals surface area (Å²) >= 11 is 0. The van der Waals surface area contributed by atoms with Crippen molar-refractivity contribution in [3.8, 4) is 0 Å². The van der Waals surface area contributed by atoms with E-state index in [0.29, 0.717) is 11.4 Å². The Hall–Kier alpha value is -2.87. The van der Waals surface area contributed by atoms with E-state index in [4.69, 9.17) is 0 Å². The zero-order chi connectivity index (χ0) is 19.6. The Morgan fingerprint density at radius 1 is 1.22 bits per heavy atom. The van der Waals surface area contributed by atoms with Crippen LogP contribution in [0.4, 0.5) is 17.1 Å². The molecule has 7 nitrogen and oxygen atoms in total. The lowest BCUT2D eigenvalue weighted by Crippen LogP contribution is -2.39. The monoisotopic (exact) mass is 387 g/mol. The molecule has 2 amide bonds. The van der Waals surface area contributed by atoms with Crippen molar-refractivity contribution in [3.63, 3.8) is 0 Å². The lowest BCUT2D eigenvalue weighted by Gasteiger charge is -2.29. The average molecular weight is 387 g/mol. The van der Waals surface area contributed by atoms with Crippen molar-refractivity contribution >= 4 is 38.7 Å². The largest absolute Gasteiger partial charge is 0.357 e. The quantitative estimate of drug-likeness (QED) is 0.839. The summed E-state index contributed by atoms with van der Waals surface area (Å²) in [5.41, 5.74) is 1.85. The summed E-state index contributed by atoms with van der Waals surface area (Å²) in [6, 6.07) is 13.3. The summed E-state index contributed by atoms with van der Waals surface area (Å²) in [5.74, 6) is -0.393. The minimum absolute atomic E-state index is 0.0379. The topological polar surface area (TPSA) is 95.6 Å². The van der Waals surface area contributed by atoms with Crippen LogP contribution in [0.1, 0.15) is 13.3 Å². The second kappa shape index (κ2) is 7.40. The standard InChI is InChI=1S/C19H21N3O4S/c1-13-10-18(23)21-16-8-3-4-9-17(16)22(13)12-19(24)20-14-6-5-7-15(11-14)27(2,25)26/h3-9,11,13H,10,12H2,1-2H3,(H,20,24)(H,21,23)/t13-/m0/s1. The third kappa shape index (κ3) is 4.46. The highest BCUT2D eigenvalue weighted by molar-refractivity contribution is 7.90. The molecule has 0 spiro atoms. The van der Waals surface area contributed by atoms with Gasteiger partial charge in [0, 0.05) is 24.4 Å². The minimum Gasteiger partial charge on any atom is -0.357 e. The van der Waals surface area contributed by atoms with E-state index in [-0.39, 0.29) is 35.7 Å². The normalized spacial score (nSPS) is 16.9. The van der Waals surface area contributed by atoms with Gasteiger partial charge in [0.05, 0.1) is 22.8 Å². The molecule has 1 atom stereocenters. The van der Waals surface area contributed by atoms with E-state index in [1.807, 2.05) is 30.0 Å². The number of fused-ring (bicyclic) bond motifs is 1. The Kier molecular flexibility index (Phi) is 5.18. The number of rotatable bonds is 4. The van der Waals surface area contributed by atoms with Crippen molar-refractivity contribution in [2.45, 2.75) is 24.3 Å². The molecule has 1 aliphatic heterocycles. The molecule has 0 fully saturated rings. The van der Waals surface area contributed by atoms with Gasteiger partial charge in [0.1, 0.15) is 0 Å². The maximum Gasteiger partial charge on any atom is 0.243 e. The first-order valence-corrected chi connectivity index (χ1v) is 10.4. The SMILES string of the molecule is C[C@H]1CC(=O)Nc2ccccc2N1CC(=O)Nc1cccc(S(C)(=O)=O)c1. The molecule has 0 aliphatic carbocycles. The fraction of sp³-hybridized carbons (Fsp3) is 0.263.